The summed E-state index contributed by atoms with van der Waals surface area (Å²) >= 11 is 0. The first kappa shape index (κ1) is 12.0. The van der Waals surface area contributed by atoms with Gasteiger partial charge in [-0.2, -0.15) is 0 Å². The minimum atomic E-state index is -0.342. The van der Waals surface area contributed by atoms with Crippen LogP contribution in [0.5, 0.6) is 5.75 Å². The Morgan fingerprint density at radius 3 is 2.53 bits per heavy atom. The van der Waals surface area contributed by atoms with E-state index in [2.05, 4.69) is 0 Å². The standard InChI is InChI=1S/C12H18FNO/c1-4-8(2)15-12-6-5-10(9(3)14)7-11(12)13/h5-9H,4,14H2,1-3H3/t8?,9-/m0/s1. The van der Waals surface area contributed by atoms with Crippen LogP contribution >= 0.6 is 0 Å². The van der Waals surface area contributed by atoms with Gasteiger partial charge in [-0.15, -0.1) is 0 Å². The lowest BCUT2D eigenvalue weighted by Gasteiger charge is -2.14. The van der Waals surface area contributed by atoms with Gasteiger partial charge in [0.2, 0.25) is 0 Å². The largest absolute Gasteiger partial charge is 0.488 e. The summed E-state index contributed by atoms with van der Waals surface area (Å²) in [4.78, 5) is 0. The number of hydrogen-bond donors (Lipinski definition) is 1. The Bertz CT molecular complexity index is 325. The van der Waals surface area contributed by atoms with E-state index in [0.29, 0.717) is 5.75 Å². The molecule has 15 heavy (non-hydrogen) atoms. The van der Waals surface area contributed by atoms with Crippen LogP contribution in [0.15, 0.2) is 18.2 Å². The normalized spacial score (nSPS) is 14.7. The molecule has 2 N–H and O–H groups in total. The molecule has 2 atom stereocenters. The van der Waals surface area contributed by atoms with Crippen LogP contribution in [-0.2, 0) is 0 Å². The second kappa shape index (κ2) is 5.12. The van der Waals surface area contributed by atoms with E-state index in [1.165, 1.54) is 6.07 Å². The molecule has 0 saturated heterocycles. The summed E-state index contributed by atoms with van der Waals surface area (Å²) in [5.41, 5.74) is 6.43. The Kier molecular flexibility index (Phi) is 4.09. The van der Waals surface area contributed by atoms with Crippen LogP contribution in [0.2, 0.25) is 0 Å². The van der Waals surface area contributed by atoms with Crippen molar-refractivity contribution < 1.29 is 9.13 Å². The van der Waals surface area contributed by atoms with Crippen molar-refractivity contribution in [1.29, 1.82) is 0 Å². The topological polar surface area (TPSA) is 35.2 Å². The number of nitrogens with two attached hydrogens (primary N) is 1. The zero-order chi connectivity index (χ0) is 11.4. The number of benzene rings is 1. The molecule has 0 heterocycles. The molecule has 0 aliphatic carbocycles. The van der Waals surface area contributed by atoms with E-state index in [0.717, 1.165) is 12.0 Å². The lowest BCUT2D eigenvalue weighted by atomic mass is 10.1. The molecule has 0 aromatic heterocycles. The van der Waals surface area contributed by atoms with Gasteiger partial charge in [-0.3, -0.25) is 0 Å². The second-order valence-corrected chi connectivity index (χ2v) is 3.82. The van der Waals surface area contributed by atoms with Gasteiger partial charge in [0.15, 0.2) is 11.6 Å². The molecule has 84 valence electrons. The van der Waals surface area contributed by atoms with Gasteiger partial charge in [-0.25, -0.2) is 4.39 Å². The zero-order valence-corrected chi connectivity index (χ0v) is 9.46. The molecule has 0 aliphatic rings. The quantitative estimate of drug-likeness (QED) is 0.830. The van der Waals surface area contributed by atoms with Crippen LogP contribution < -0.4 is 10.5 Å². The summed E-state index contributed by atoms with van der Waals surface area (Å²) in [6, 6.07) is 4.71. The van der Waals surface area contributed by atoms with E-state index in [1.54, 1.807) is 12.1 Å². The van der Waals surface area contributed by atoms with E-state index in [1.807, 2.05) is 20.8 Å². The third-order valence-corrected chi connectivity index (χ3v) is 2.38. The molecule has 0 fully saturated rings. The molecule has 0 amide bonds. The average molecular weight is 211 g/mol. The molecule has 1 unspecified atom stereocenters. The predicted octanol–water partition coefficient (Wildman–Crippen LogP) is 3.02. The lowest BCUT2D eigenvalue weighted by molar-refractivity contribution is 0.207. The van der Waals surface area contributed by atoms with E-state index in [-0.39, 0.29) is 18.0 Å². The Balaban J connectivity index is 2.83. The first-order valence-corrected chi connectivity index (χ1v) is 5.26. The molecule has 0 bridgehead atoms. The highest BCUT2D eigenvalue weighted by molar-refractivity contribution is 5.30. The molecule has 1 rings (SSSR count). The van der Waals surface area contributed by atoms with Gasteiger partial charge in [-0.05, 0) is 38.0 Å². The fraction of sp³-hybridized carbons (Fsp3) is 0.500. The zero-order valence-electron chi connectivity index (χ0n) is 9.46. The highest BCUT2D eigenvalue weighted by Crippen LogP contribution is 2.22. The molecular weight excluding hydrogens is 193 g/mol. The van der Waals surface area contributed by atoms with Crippen LogP contribution in [0, 0.1) is 5.82 Å². The highest BCUT2D eigenvalue weighted by Gasteiger charge is 2.09. The Morgan fingerprint density at radius 2 is 2.07 bits per heavy atom. The Hall–Kier alpha value is -1.09. The maximum Gasteiger partial charge on any atom is 0.165 e. The molecule has 1 aromatic rings. The van der Waals surface area contributed by atoms with Crippen LogP contribution in [0.25, 0.3) is 0 Å². The minimum absolute atomic E-state index is 0.0284. The predicted molar refractivity (Wildman–Crippen MR) is 59.4 cm³/mol. The molecule has 1 aromatic carbocycles. The maximum absolute atomic E-state index is 13.5. The summed E-state index contributed by atoms with van der Waals surface area (Å²) in [6.45, 7) is 5.74. The van der Waals surface area contributed by atoms with Crippen molar-refractivity contribution in [3.05, 3.63) is 29.6 Å². The van der Waals surface area contributed by atoms with Gasteiger partial charge < -0.3 is 10.5 Å². The summed E-state index contributed by atoms with van der Waals surface area (Å²) in [7, 11) is 0. The first-order valence-electron chi connectivity index (χ1n) is 5.26. The second-order valence-electron chi connectivity index (χ2n) is 3.82. The van der Waals surface area contributed by atoms with Gasteiger partial charge in [0, 0.05) is 6.04 Å². The van der Waals surface area contributed by atoms with Crippen LogP contribution in [0.3, 0.4) is 0 Å². The fourth-order valence-corrected chi connectivity index (χ4v) is 1.20. The third kappa shape index (κ3) is 3.20. The van der Waals surface area contributed by atoms with Crippen molar-refractivity contribution in [3.63, 3.8) is 0 Å². The van der Waals surface area contributed by atoms with Gasteiger partial charge in [0.1, 0.15) is 0 Å². The SMILES string of the molecule is CCC(C)Oc1ccc([C@H](C)N)cc1F. The van der Waals surface area contributed by atoms with E-state index in [9.17, 15) is 4.39 Å². The van der Waals surface area contributed by atoms with Crippen molar-refractivity contribution in [1.82, 2.24) is 0 Å². The van der Waals surface area contributed by atoms with E-state index < -0.39 is 0 Å². The molecule has 0 spiro atoms. The fourth-order valence-electron chi connectivity index (χ4n) is 1.20. The van der Waals surface area contributed by atoms with Crippen molar-refractivity contribution in [2.75, 3.05) is 0 Å². The molecule has 0 radical (unpaired) electrons. The van der Waals surface area contributed by atoms with Crippen LogP contribution in [-0.4, -0.2) is 6.10 Å². The highest BCUT2D eigenvalue weighted by atomic mass is 19.1. The number of rotatable bonds is 4. The first-order chi connectivity index (χ1) is 7.04. The van der Waals surface area contributed by atoms with E-state index in [4.69, 9.17) is 10.5 Å². The van der Waals surface area contributed by atoms with E-state index >= 15 is 0 Å². The van der Waals surface area contributed by atoms with Gasteiger partial charge >= 0.3 is 0 Å². The van der Waals surface area contributed by atoms with Crippen molar-refractivity contribution in [2.45, 2.75) is 39.3 Å². The van der Waals surface area contributed by atoms with Gasteiger partial charge in [0.25, 0.3) is 0 Å². The summed E-state index contributed by atoms with van der Waals surface area (Å²) in [5, 5.41) is 0. The average Bonchev–Trinajstić information content (AvgIpc) is 2.20. The molecular formula is C12H18FNO. The van der Waals surface area contributed by atoms with Crippen LogP contribution in [0.1, 0.15) is 38.8 Å². The molecule has 0 saturated carbocycles. The number of ether oxygens (including phenoxy) is 1. The van der Waals surface area contributed by atoms with Crippen molar-refractivity contribution >= 4 is 0 Å². The van der Waals surface area contributed by atoms with Gasteiger partial charge in [-0.1, -0.05) is 13.0 Å². The monoisotopic (exact) mass is 211 g/mol. The third-order valence-electron chi connectivity index (χ3n) is 2.38. The van der Waals surface area contributed by atoms with Crippen molar-refractivity contribution in [3.8, 4) is 5.75 Å². The van der Waals surface area contributed by atoms with Crippen LogP contribution in [0.4, 0.5) is 4.39 Å². The Morgan fingerprint density at radius 1 is 1.40 bits per heavy atom. The summed E-state index contributed by atoms with van der Waals surface area (Å²) < 4.78 is 18.9. The molecule has 2 nitrogen and oxygen atoms in total. The maximum atomic E-state index is 13.5. The summed E-state index contributed by atoms with van der Waals surface area (Å²) in [5.74, 6) is -0.0427. The minimum Gasteiger partial charge on any atom is -0.488 e. The van der Waals surface area contributed by atoms with Crippen molar-refractivity contribution in [2.24, 2.45) is 5.73 Å². The van der Waals surface area contributed by atoms with Gasteiger partial charge in [0.05, 0.1) is 6.10 Å². The number of halogens is 1. The Labute approximate surface area is 90.2 Å². The number of hydrogen-bond acceptors (Lipinski definition) is 2. The summed E-state index contributed by atoms with van der Waals surface area (Å²) in [6.07, 6.45) is 0.884. The molecule has 0 aliphatic heterocycles. The molecule has 3 heteroatoms. The smallest absolute Gasteiger partial charge is 0.165 e. The lowest BCUT2D eigenvalue weighted by Crippen LogP contribution is -2.11.